The minimum Gasteiger partial charge on any atom is -0.493 e. The first-order valence-corrected chi connectivity index (χ1v) is 10.1. The standard InChI is InChI=1S/C22H24N6O5/c1-14-5-3-6-15(11-14)13-33-19-16(7-4-8-17(19)32-2)12-24-26-18(29)9-10-23-20-21(30)25-22(31)28-27-20/h3-8,11-12H,9-10,13H2,1-2H3,(H,23,27)(H,26,29)(H2,25,28,30,31)/b24-12+. The summed E-state index contributed by atoms with van der Waals surface area (Å²) in [7, 11) is 1.55. The summed E-state index contributed by atoms with van der Waals surface area (Å²) in [4.78, 5) is 36.6. The fourth-order valence-corrected chi connectivity index (χ4v) is 2.90. The van der Waals surface area contributed by atoms with Crippen LogP contribution in [0.3, 0.4) is 0 Å². The van der Waals surface area contributed by atoms with E-state index in [9.17, 15) is 14.4 Å². The second-order valence-electron chi connectivity index (χ2n) is 6.98. The number of hydrazone groups is 1. The first-order chi connectivity index (χ1) is 16.0. The lowest BCUT2D eigenvalue weighted by atomic mass is 10.1. The molecule has 0 atom stereocenters. The number of ether oxygens (including phenoxy) is 2. The molecule has 1 aromatic heterocycles. The van der Waals surface area contributed by atoms with E-state index in [1.165, 1.54) is 6.21 Å². The minimum absolute atomic E-state index is 0.0203. The molecule has 3 rings (SSSR count). The summed E-state index contributed by atoms with van der Waals surface area (Å²) < 4.78 is 11.4. The Balaban J connectivity index is 1.57. The molecule has 0 aliphatic heterocycles. The number of benzene rings is 2. The fraction of sp³-hybridized carbons (Fsp3) is 0.227. The van der Waals surface area contributed by atoms with Crippen LogP contribution in [-0.2, 0) is 11.4 Å². The van der Waals surface area contributed by atoms with Crippen LogP contribution in [0.25, 0.3) is 0 Å². The summed E-state index contributed by atoms with van der Waals surface area (Å²) in [6, 6.07) is 13.3. The average molecular weight is 452 g/mol. The number of H-pyrrole nitrogens is 2. The normalized spacial score (nSPS) is 10.7. The van der Waals surface area contributed by atoms with E-state index >= 15 is 0 Å². The number of nitrogens with zero attached hydrogens (tertiary/aromatic N) is 2. The molecule has 11 heteroatoms. The Kier molecular flexibility index (Phi) is 7.95. The largest absolute Gasteiger partial charge is 0.493 e. The van der Waals surface area contributed by atoms with Gasteiger partial charge in [-0.25, -0.2) is 15.3 Å². The number of methoxy groups -OCH3 is 1. The second-order valence-corrected chi connectivity index (χ2v) is 6.98. The summed E-state index contributed by atoms with van der Waals surface area (Å²) >= 11 is 0. The van der Waals surface area contributed by atoms with Crippen LogP contribution in [0.5, 0.6) is 11.5 Å². The minimum atomic E-state index is -0.711. The first kappa shape index (κ1) is 23.3. The van der Waals surface area contributed by atoms with Gasteiger partial charge in [-0.15, -0.1) is 5.10 Å². The van der Waals surface area contributed by atoms with Crippen molar-refractivity contribution in [1.82, 2.24) is 20.6 Å². The number of hydrogen-bond acceptors (Lipinski definition) is 8. The summed E-state index contributed by atoms with van der Waals surface area (Å²) in [6.45, 7) is 2.48. The molecular formula is C22H24N6O5. The van der Waals surface area contributed by atoms with Crippen molar-refractivity contribution < 1.29 is 14.3 Å². The smallest absolute Gasteiger partial charge is 0.342 e. The molecule has 11 nitrogen and oxygen atoms in total. The number of rotatable bonds is 10. The zero-order valence-electron chi connectivity index (χ0n) is 18.2. The molecule has 0 saturated carbocycles. The van der Waals surface area contributed by atoms with Gasteiger partial charge in [0.25, 0.3) is 5.56 Å². The van der Waals surface area contributed by atoms with Crippen molar-refractivity contribution in [3.63, 3.8) is 0 Å². The lowest BCUT2D eigenvalue weighted by Gasteiger charge is -2.13. The highest BCUT2D eigenvalue weighted by molar-refractivity contribution is 5.86. The maximum Gasteiger partial charge on any atom is 0.342 e. The number of anilines is 1. The molecule has 0 unspecified atom stereocenters. The van der Waals surface area contributed by atoms with Crippen LogP contribution in [0.2, 0.25) is 0 Å². The van der Waals surface area contributed by atoms with Crippen molar-refractivity contribution >= 4 is 17.9 Å². The SMILES string of the molecule is COc1cccc(/C=N/NC(=O)CCNc2n[nH]c(=O)[nH]c2=O)c1OCc1cccc(C)c1. The lowest BCUT2D eigenvalue weighted by Crippen LogP contribution is -2.28. The molecule has 33 heavy (non-hydrogen) atoms. The molecule has 0 spiro atoms. The van der Waals surface area contributed by atoms with Crippen molar-refractivity contribution in [2.24, 2.45) is 5.10 Å². The van der Waals surface area contributed by atoms with E-state index in [1.54, 1.807) is 25.3 Å². The molecule has 0 bridgehead atoms. The summed E-state index contributed by atoms with van der Waals surface area (Å²) in [6.07, 6.45) is 1.49. The van der Waals surface area contributed by atoms with Crippen LogP contribution in [0.1, 0.15) is 23.1 Å². The van der Waals surface area contributed by atoms with E-state index < -0.39 is 11.2 Å². The second kappa shape index (κ2) is 11.3. The van der Waals surface area contributed by atoms with Crippen molar-refractivity contribution in [3.8, 4) is 11.5 Å². The van der Waals surface area contributed by atoms with Gasteiger partial charge in [0.1, 0.15) is 6.61 Å². The quantitative estimate of drug-likeness (QED) is 0.267. The number of amides is 1. The molecule has 4 N–H and O–H groups in total. The molecule has 1 amide bonds. The van der Waals surface area contributed by atoms with Gasteiger partial charge in [-0.1, -0.05) is 35.9 Å². The van der Waals surface area contributed by atoms with Gasteiger partial charge in [0.05, 0.1) is 13.3 Å². The predicted molar refractivity (Wildman–Crippen MR) is 123 cm³/mol. The first-order valence-electron chi connectivity index (χ1n) is 10.1. The highest BCUT2D eigenvalue weighted by Gasteiger charge is 2.10. The van der Waals surface area contributed by atoms with Gasteiger partial charge in [-0.2, -0.15) is 5.10 Å². The average Bonchev–Trinajstić information content (AvgIpc) is 2.79. The molecule has 1 heterocycles. The van der Waals surface area contributed by atoms with Gasteiger partial charge in [-0.05, 0) is 24.6 Å². The Bertz CT molecular complexity index is 1250. The van der Waals surface area contributed by atoms with Gasteiger partial charge in [-0.3, -0.25) is 14.6 Å². The van der Waals surface area contributed by atoms with Crippen LogP contribution in [0.15, 0.2) is 57.2 Å². The van der Waals surface area contributed by atoms with Crippen molar-refractivity contribution in [2.45, 2.75) is 20.0 Å². The zero-order valence-corrected chi connectivity index (χ0v) is 18.2. The number of nitrogens with one attached hydrogen (secondary N) is 4. The molecule has 0 aliphatic carbocycles. The zero-order chi connectivity index (χ0) is 23.6. The molecular weight excluding hydrogens is 428 g/mol. The van der Waals surface area contributed by atoms with E-state index in [1.807, 2.05) is 36.2 Å². The van der Waals surface area contributed by atoms with Crippen LogP contribution in [0, 0.1) is 6.92 Å². The Hall–Kier alpha value is -4.41. The van der Waals surface area contributed by atoms with Crippen molar-refractivity contribution in [2.75, 3.05) is 19.0 Å². The third kappa shape index (κ3) is 6.79. The maximum atomic E-state index is 12.0. The lowest BCUT2D eigenvalue weighted by molar-refractivity contribution is -0.120. The highest BCUT2D eigenvalue weighted by atomic mass is 16.5. The molecule has 0 radical (unpaired) electrons. The number of hydrogen-bond donors (Lipinski definition) is 4. The number of carbonyl (C=O) groups is 1. The van der Waals surface area contributed by atoms with Crippen molar-refractivity contribution in [1.29, 1.82) is 0 Å². The Labute approximate surface area is 188 Å². The Morgan fingerprint density at radius 3 is 2.79 bits per heavy atom. The number of carbonyl (C=O) groups excluding carboxylic acids is 1. The molecule has 0 fully saturated rings. The summed E-state index contributed by atoms with van der Waals surface area (Å²) in [5.74, 6) is 0.577. The van der Waals surface area contributed by atoms with Crippen LogP contribution < -0.4 is 31.5 Å². The molecule has 172 valence electrons. The number of aromatic amines is 2. The van der Waals surface area contributed by atoms with Crippen LogP contribution in [0.4, 0.5) is 5.82 Å². The monoisotopic (exact) mass is 452 g/mol. The highest BCUT2D eigenvalue weighted by Crippen LogP contribution is 2.30. The number of aryl methyl sites for hydroxylation is 1. The molecule has 3 aromatic rings. The Morgan fingerprint density at radius 2 is 2.03 bits per heavy atom. The molecule has 0 saturated heterocycles. The number of aromatic nitrogens is 3. The topological polar surface area (TPSA) is 151 Å². The van der Waals surface area contributed by atoms with Gasteiger partial charge >= 0.3 is 5.69 Å². The summed E-state index contributed by atoms with van der Waals surface area (Å²) in [5, 5.41) is 12.3. The molecule has 0 aliphatic rings. The predicted octanol–water partition coefficient (Wildman–Crippen LogP) is 1.31. The van der Waals surface area contributed by atoms with E-state index in [4.69, 9.17) is 9.47 Å². The maximum absolute atomic E-state index is 12.0. The Morgan fingerprint density at radius 1 is 1.21 bits per heavy atom. The van der Waals surface area contributed by atoms with E-state index in [2.05, 4.69) is 26.0 Å². The van der Waals surface area contributed by atoms with Gasteiger partial charge < -0.3 is 14.8 Å². The van der Waals surface area contributed by atoms with Gasteiger partial charge in [0.2, 0.25) is 11.7 Å². The van der Waals surface area contributed by atoms with Crippen molar-refractivity contribution in [3.05, 3.63) is 80.0 Å². The van der Waals surface area contributed by atoms with E-state index in [0.29, 0.717) is 23.7 Å². The van der Waals surface area contributed by atoms with Crippen LogP contribution >= 0.6 is 0 Å². The molecule has 2 aromatic carbocycles. The third-order valence-electron chi connectivity index (χ3n) is 4.44. The summed E-state index contributed by atoms with van der Waals surface area (Å²) in [5.41, 5.74) is 3.81. The van der Waals surface area contributed by atoms with E-state index in [-0.39, 0.29) is 24.7 Å². The van der Waals surface area contributed by atoms with Crippen LogP contribution in [-0.4, -0.2) is 41.0 Å². The van der Waals surface area contributed by atoms with E-state index in [0.717, 1.165) is 11.1 Å². The third-order valence-corrected chi connectivity index (χ3v) is 4.44. The number of para-hydroxylation sites is 1. The van der Waals surface area contributed by atoms with Gasteiger partial charge in [0.15, 0.2) is 11.5 Å². The fourth-order valence-electron chi connectivity index (χ4n) is 2.90. The van der Waals surface area contributed by atoms with Gasteiger partial charge in [0, 0.05) is 18.5 Å².